The molecule has 0 fully saturated rings. The van der Waals surface area contributed by atoms with E-state index in [1.165, 1.54) is 7.11 Å². The Morgan fingerprint density at radius 2 is 1.82 bits per heavy atom. The molecule has 146 valence electrons. The fourth-order valence-corrected chi connectivity index (χ4v) is 3.15. The summed E-state index contributed by atoms with van der Waals surface area (Å²) in [6, 6.07) is 7.46. The van der Waals surface area contributed by atoms with Crippen LogP contribution in [0.15, 0.2) is 28.8 Å². The van der Waals surface area contributed by atoms with Crippen molar-refractivity contribution >= 4 is 22.8 Å². The predicted molar refractivity (Wildman–Crippen MR) is 102 cm³/mol. The number of fused-ring (bicyclic) bond motifs is 1. The lowest BCUT2D eigenvalue weighted by atomic mass is 10.0. The summed E-state index contributed by atoms with van der Waals surface area (Å²) in [7, 11) is 1.31. The summed E-state index contributed by atoms with van der Waals surface area (Å²) in [6.45, 7) is 7.14. The first-order valence-electron chi connectivity index (χ1n) is 8.95. The lowest BCUT2D eigenvalue weighted by Gasteiger charge is -2.13. The second-order valence-corrected chi connectivity index (χ2v) is 6.81. The van der Waals surface area contributed by atoms with Crippen molar-refractivity contribution in [2.75, 3.05) is 7.11 Å². The normalized spacial score (nSPS) is 11.1. The molecule has 0 atom stereocenters. The van der Waals surface area contributed by atoms with E-state index in [4.69, 9.17) is 14.0 Å². The molecule has 0 aliphatic carbocycles. The molecule has 2 heterocycles. The standard InChI is InChI=1S/C21H22N2O5/c1-11(2)19-18(13(4)23-28-19)21(25)27-10-16-17(20(24)26-5)12(3)14-8-6-7-9-15(14)22-16/h6-9,11H,10H2,1-5H3. The fraction of sp³-hybridized carbons (Fsp3) is 0.333. The zero-order chi connectivity index (χ0) is 20.4. The van der Waals surface area contributed by atoms with Gasteiger partial charge in [-0.3, -0.25) is 0 Å². The van der Waals surface area contributed by atoms with Crippen molar-refractivity contribution in [1.29, 1.82) is 0 Å². The molecule has 0 spiro atoms. The maximum atomic E-state index is 12.7. The molecule has 28 heavy (non-hydrogen) atoms. The first kappa shape index (κ1) is 19.5. The van der Waals surface area contributed by atoms with E-state index in [1.807, 2.05) is 45.0 Å². The number of pyridine rings is 1. The predicted octanol–water partition coefficient (Wildman–Crippen LogP) is 4.11. The van der Waals surface area contributed by atoms with E-state index in [1.54, 1.807) is 6.92 Å². The number of hydrogen-bond acceptors (Lipinski definition) is 7. The van der Waals surface area contributed by atoms with E-state index in [9.17, 15) is 9.59 Å². The first-order chi connectivity index (χ1) is 13.3. The third-order valence-electron chi connectivity index (χ3n) is 4.57. The molecule has 0 aliphatic rings. The average Bonchev–Trinajstić information content (AvgIpc) is 3.07. The van der Waals surface area contributed by atoms with Gasteiger partial charge in [-0.25, -0.2) is 14.6 Å². The van der Waals surface area contributed by atoms with E-state index in [0.717, 1.165) is 10.9 Å². The number of esters is 2. The van der Waals surface area contributed by atoms with Crippen LogP contribution in [0.4, 0.5) is 0 Å². The summed E-state index contributed by atoms with van der Waals surface area (Å²) in [5, 5.41) is 4.70. The van der Waals surface area contributed by atoms with Gasteiger partial charge in [-0.15, -0.1) is 0 Å². The van der Waals surface area contributed by atoms with Crippen LogP contribution in [0.2, 0.25) is 0 Å². The third kappa shape index (κ3) is 3.47. The summed E-state index contributed by atoms with van der Waals surface area (Å²) >= 11 is 0. The monoisotopic (exact) mass is 382 g/mol. The topological polar surface area (TPSA) is 91.5 Å². The molecule has 0 saturated heterocycles. The van der Waals surface area contributed by atoms with Gasteiger partial charge in [0, 0.05) is 11.3 Å². The Hall–Kier alpha value is -3.22. The van der Waals surface area contributed by atoms with Gasteiger partial charge in [-0.2, -0.15) is 0 Å². The molecule has 1 aromatic carbocycles. The number of ether oxygens (including phenoxy) is 2. The van der Waals surface area contributed by atoms with Gasteiger partial charge in [-0.05, 0) is 25.5 Å². The summed E-state index contributed by atoms with van der Waals surface area (Å²) in [5.74, 6) is -0.634. The second-order valence-electron chi connectivity index (χ2n) is 6.81. The molecule has 0 N–H and O–H groups in total. The van der Waals surface area contributed by atoms with Crippen molar-refractivity contribution in [1.82, 2.24) is 10.1 Å². The number of carbonyl (C=O) groups is 2. The SMILES string of the molecule is COC(=O)c1c(COC(=O)c2c(C)noc2C(C)C)nc2ccccc2c1C. The number of methoxy groups -OCH3 is 1. The highest BCUT2D eigenvalue weighted by molar-refractivity contribution is 5.98. The van der Waals surface area contributed by atoms with Gasteiger partial charge in [0.15, 0.2) is 5.76 Å². The number of hydrogen-bond donors (Lipinski definition) is 0. The molecule has 0 saturated carbocycles. The molecule has 2 aromatic heterocycles. The maximum Gasteiger partial charge on any atom is 0.344 e. The van der Waals surface area contributed by atoms with Gasteiger partial charge in [0.2, 0.25) is 0 Å². The Labute approximate surface area is 162 Å². The minimum absolute atomic E-state index is 0.0181. The van der Waals surface area contributed by atoms with Crippen molar-refractivity contribution < 1.29 is 23.6 Å². The van der Waals surface area contributed by atoms with Crippen LogP contribution in [0.3, 0.4) is 0 Å². The molecule has 3 rings (SSSR count). The molecule has 0 amide bonds. The van der Waals surface area contributed by atoms with Crippen LogP contribution in [0, 0.1) is 13.8 Å². The lowest BCUT2D eigenvalue weighted by molar-refractivity contribution is 0.0451. The third-order valence-corrected chi connectivity index (χ3v) is 4.57. The molecule has 0 radical (unpaired) electrons. The van der Waals surface area contributed by atoms with Crippen molar-refractivity contribution in [2.24, 2.45) is 0 Å². The lowest BCUT2D eigenvalue weighted by Crippen LogP contribution is -2.15. The molecular weight excluding hydrogens is 360 g/mol. The smallest absolute Gasteiger partial charge is 0.344 e. The zero-order valence-corrected chi connectivity index (χ0v) is 16.5. The highest BCUT2D eigenvalue weighted by Crippen LogP contribution is 2.26. The number of aromatic nitrogens is 2. The van der Waals surface area contributed by atoms with Crippen LogP contribution in [0.1, 0.15) is 63.2 Å². The molecule has 0 bridgehead atoms. The van der Waals surface area contributed by atoms with Crippen molar-refractivity contribution in [2.45, 2.75) is 40.2 Å². The van der Waals surface area contributed by atoms with Gasteiger partial charge >= 0.3 is 11.9 Å². The van der Waals surface area contributed by atoms with Gasteiger partial charge in [0.1, 0.15) is 12.2 Å². The number of aryl methyl sites for hydroxylation is 2. The quantitative estimate of drug-likeness (QED) is 0.613. The van der Waals surface area contributed by atoms with Crippen LogP contribution in [0.5, 0.6) is 0 Å². The largest absolute Gasteiger partial charge is 0.465 e. The van der Waals surface area contributed by atoms with E-state index in [0.29, 0.717) is 33.8 Å². The Morgan fingerprint density at radius 3 is 2.50 bits per heavy atom. The zero-order valence-electron chi connectivity index (χ0n) is 16.5. The molecule has 3 aromatic rings. The minimum atomic E-state index is -0.564. The molecule has 7 nitrogen and oxygen atoms in total. The number of nitrogens with zero attached hydrogens (tertiary/aromatic N) is 2. The van der Waals surface area contributed by atoms with E-state index < -0.39 is 11.9 Å². The van der Waals surface area contributed by atoms with Crippen LogP contribution < -0.4 is 0 Å². The average molecular weight is 382 g/mol. The Kier molecular flexibility index (Phi) is 5.44. The van der Waals surface area contributed by atoms with Gasteiger partial charge in [0.25, 0.3) is 0 Å². The summed E-state index contributed by atoms with van der Waals surface area (Å²) in [4.78, 5) is 29.5. The second kappa shape index (κ2) is 7.80. The van der Waals surface area contributed by atoms with Gasteiger partial charge in [0.05, 0.1) is 29.6 Å². The number of para-hydroxylation sites is 1. The molecule has 0 unspecified atom stereocenters. The molecule has 0 aliphatic heterocycles. The number of carbonyl (C=O) groups excluding carboxylic acids is 2. The van der Waals surface area contributed by atoms with E-state index >= 15 is 0 Å². The first-order valence-corrected chi connectivity index (χ1v) is 8.95. The van der Waals surface area contributed by atoms with Gasteiger partial charge in [-0.1, -0.05) is 37.2 Å². The highest BCUT2D eigenvalue weighted by Gasteiger charge is 2.25. The summed E-state index contributed by atoms with van der Waals surface area (Å²) in [5.41, 5.74) is 2.86. The van der Waals surface area contributed by atoms with Crippen molar-refractivity contribution in [3.8, 4) is 0 Å². The minimum Gasteiger partial charge on any atom is -0.465 e. The number of rotatable bonds is 5. The van der Waals surface area contributed by atoms with Crippen LogP contribution >= 0.6 is 0 Å². The fourth-order valence-electron chi connectivity index (χ4n) is 3.15. The maximum absolute atomic E-state index is 12.7. The van der Waals surface area contributed by atoms with E-state index in [2.05, 4.69) is 10.1 Å². The number of benzene rings is 1. The Balaban J connectivity index is 1.97. The van der Waals surface area contributed by atoms with Crippen LogP contribution in [0.25, 0.3) is 10.9 Å². The van der Waals surface area contributed by atoms with Crippen LogP contribution in [-0.4, -0.2) is 29.2 Å². The molecule has 7 heteroatoms. The Bertz CT molecular complexity index is 1050. The highest BCUT2D eigenvalue weighted by atomic mass is 16.5. The summed E-state index contributed by atoms with van der Waals surface area (Å²) in [6.07, 6.45) is 0. The van der Waals surface area contributed by atoms with E-state index in [-0.39, 0.29) is 12.5 Å². The van der Waals surface area contributed by atoms with Gasteiger partial charge < -0.3 is 14.0 Å². The molecular formula is C21H22N2O5. The van der Waals surface area contributed by atoms with Crippen LogP contribution in [-0.2, 0) is 16.1 Å². The van der Waals surface area contributed by atoms with Crippen molar-refractivity contribution in [3.63, 3.8) is 0 Å². The van der Waals surface area contributed by atoms with Crippen molar-refractivity contribution in [3.05, 3.63) is 58.1 Å². The summed E-state index contributed by atoms with van der Waals surface area (Å²) < 4.78 is 15.6. The Morgan fingerprint density at radius 1 is 1.11 bits per heavy atom.